The Morgan fingerprint density at radius 2 is 0.880 bits per heavy atom. The van der Waals surface area contributed by atoms with E-state index in [0.29, 0.717) is 16.7 Å². The third-order valence-electron chi connectivity index (χ3n) is 9.64. The van der Waals surface area contributed by atoms with E-state index in [1.807, 2.05) is 97.1 Å². The second-order valence-corrected chi connectivity index (χ2v) is 12.3. The average molecular weight is 636 g/mol. The first-order valence-corrected chi connectivity index (χ1v) is 16.3. The van der Waals surface area contributed by atoms with Gasteiger partial charge in [0.1, 0.15) is 6.07 Å². The number of nitriles is 3. The highest BCUT2D eigenvalue weighted by atomic mass is 15.0. The van der Waals surface area contributed by atoms with Crippen LogP contribution in [0, 0.1) is 34.0 Å². The van der Waals surface area contributed by atoms with E-state index in [0.717, 1.165) is 77.2 Å². The molecule has 0 aliphatic rings. The zero-order valence-electron chi connectivity index (χ0n) is 26.7. The Hall–Kier alpha value is -7.39. The first kappa shape index (κ1) is 28.8. The first-order chi connectivity index (χ1) is 24.7. The predicted molar refractivity (Wildman–Crippen MR) is 200 cm³/mol. The lowest BCUT2D eigenvalue weighted by Gasteiger charge is -2.18. The van der Waals surface area contributed by atoms with Gasteiger partial charge in [0.05, 0.1) is 62.3 Å². The summed E-state index contributed by atoms with van der Waals surface area (Å²) >= 11 is 0. The molecule has 0 atom stereocenters. The van der Waals surface area contributed by atoms with E-state index < -0.39 is 0 Å². The predicted octanol–water partition coefficient (Wildman–Crippen LogP) is 10.8. The molecule has 0 aliphatic carbocycles. The van der Waals surface area contributed by atoms with Crippen molar-refractivity contribution in [2.24, 2.45) is 0 Å². The summed E-state index contributed by atoms with van der Waals surface area (Å²) in [4.78, 5) is 0. The van der Waals surface area contributed by atoms with Gasteiger partial charge in [0, 0.05) is 27.1 Å². The summed E-state index contributed by atoms with van der Waals surface area (Å²) in [5.41, 5.74) is 11.2. The number of hydrogen-bond acceptors (Lipinski definition) is 3. The van der Waals surface area contributed by atoms with Crippen molar-refractivity contribution in [3.05, 3.63) is 168 Å². The van der Waals surface area contributed by atoms with Crippen LogP contribution in [0.15, 0.2) is 152 Å². The minimum Gasteiger partial charge on any atom is -0.309 e. The molecule has 0 radical (unpaired) electrons. The SMILES string of the molecule is N#Cc1ccc(-c2ccccc2-c2ccc(-n3c4ccccc4c4ccccc43)c(C#N)c2)c(-n2c3ccccc3c3cc(C#N)ccc32)c1. The van der Waals surface area contributed by atoms with Crippen LogP contribution in [0.3, 0.4) is 0 Å². The Balaban J connectivity index is 1.27. The molecule has 50 heavy (non-hydrogen) atoms. The van der Waals surface area contributed by atoms with Gasteiger partial charge in [-0.05, 0) is 77.4 Å². The Kier molecular flexibility index (Phi) is 6.56. The van der Waals surface area contributed by atoms with Gasteiger partial charge in [0.2, 0.25) is 0 Å². The van der Waals surface area contributed by atoms with E-state index in [4.69, 9.17) is 0 Å². The van der Waals surface area contributed by atoms with Gasteiger partial charge in [-0.25, -0.2) is 0 Å². The van der Waals surface area contributed by atoms with E-state index in [-0.39, 0.29) is 0 Å². The number of rotatable bonds is 4. The minimum absolute atomic E-state index is 0.545. The Bertz CT molecular complexity index is 2920. The van der Waals surface area contributed by atoms with Crippen molar-refractivity contribution in [2.45, 2.75) is 0 Å². The van der Waals surface area contributed by atoms with Crippen LogP contribution in [0.5, 0.6) is 0 Å². The fourth-order valence-electron chi connectivity index (χ4n) is 7.46. The molecule has 0 fully saturated rings. The Labute approximate surface area is 287 Å². The molecule has 5 nitrogen and oxygen atoms in total. The monoisotopic (exact) mass is 635 g/mol. The highest BCUT2D eigenvalue weighted by molar-refractivity contribution is 6.11. The largest absolute Gasteiger partial charge is 0.309 e. The van der Waals surface area contributed by atoms with Crippen molar-refractivity contribution < 1.29 is 0 Å². The Morgan fingerprint density at radius 1 is 0.360 bits per heavy atom. The van der Waals surface area contributed by atoms with Gasteiger partial charge in [-0.1, -0.05) is 91.0 Å². The average Bonchev–Trinajstić information content (AvgIpc) is 3.70. The van der Waals surface area contributed by atoms with Crippen molar-refractivity contribution in [2.75, 3.05) is 0 Å². The molecule has 0 aliphatic heterocycles. The van der Waals surface area contributed by atoms with Crippen molar-refractivity contribution >= 4 is 43.6 Å². The fourth-order valence-corrected chi connectivity index (χ4v) is 7.46. The second kappa shape index (κ2) is 11.4. The fraction of sp³-hybridized carbons (Fsp3) is 0. The zero-order chi connectivity index (χ0) is 33.8. The molecule has 0 unspecified atom stereocenters. The third-order valence-corrected chi connectivity index (χ3v) is 9.64. The molecule has 9 aromatic rings. The topological polar surface area (TPSA) is 81.2 Å². The number of nitrogens with zero attached hydrogens (tertiary/aromatic N) is 5. The molecule has 2 heterocycles. The normalized spacial score (nSPS) is 11.1. The maximum absolute atomic E-state index is 10.6. The maximum Gasteiger partial charge on any atom is 0.101 e. The molecule has 7 aromatic carbocycles. The van der Waals surface area contributed by atoms with E-state index >= 15 is 0 Å². The summed E-state index contributed by atoms with van der Waals surface area (Å²) in [5.74, 6) is 0. The van der Waals surface area contributed by atoms with Crippen LogP contribution in [-0.4, -0.2) is 9.13 Å². The van der Waals surface area contributed by atoms with Crippen LogP contribution in [-0.2, 0) is 0 Å². The molecule has 9 rings (SSSR count). The van der Waals surface area contributed by atoms with Gasteiger partial charge < -0.3 is 9.13 Å². The van der Waals surface area contributed by atoms with E-state index in [1.165, 1.54) is 0 Å². The van der Waals surface area contributed by atoms with Crippen LogP contribution in [0.25, 0.3) is 77.2 Å². The van der Waals surface area contributed by atoms with Crippen LogP contribution in [0.4, 0.5) is 0 Å². The van der Waals surface area contributed by atoms with E-state index in [2.05, 4.69) is 81.9 Å². The standard InChI is InChI=1S/C45H25N5/c46-26-29-18-21-44-39(23-29)37-13-5-8-16-43(37)50(44)45-24-30(27-47)17-20-38(45)34-10-2-1-9-33(34)31-19-22-40(32(25-31)28-48)49-41-14-6-3-11-35(41)36-12-4-7-15-42(36)49/h1-25H. The smallest absolute Gasteiger partial charge is 0.101 e. The highest BCUT2D eigenvalue weighted by Crippen LogP contribution is 2.41. The van der Waals surface area contributed by atoms with Crippen molar-refractivity contribution in [1.82, 2.24) is 9.13 Å². The summed E-state index contributed by atoms with van der Waals surface area (Å²) in [6, 6.07) is 57.7. The van der Waals surface area contributed by atoms with Gasteiger partial charge in [-0.15, -0.1) is 0 Å². The molecule has 0 N–H and O–H groups in total. The zero-order valence-corrected chi connectivity index (χ0v) is 26.7. The molecule has 5 heteroatoms. The molecular weight excluding hydrogens is 611 g/mol. The molecule has 0 saturated heterocycles. The summed E-state index contributed by atoms with van der Waals surface area (Å²) in [6.45, 7) is 0. The quantitative estimate of drug-likeness (QED) is 0.193. The lowest BCUT2D eigenvalue weighted by Crippen LogP contribution is -2.00. The van der Waals surface area contributed by atoms with Crippen LogP contribution < -0.4 is 0 Å². The molecule has 0 amide bonds. The molecule has 2 aromatic heterocycles. The van der Waals surface area contributed by atoms with Crippen molar-refractivity contribution in [3.63, 3.8) is 0 Å². The summed E-state index contributed by atoms with van der Waals surface area (Å²) < 4.78 is 4.36. The third kappa shape index (κ3) is 4.31. The van der Waals surface area contributed by atoms with Crippen LogP contribution in [0.2, 0.25) is 0 Å². The lowest BCUT2D eigenvalue weighted by atomic mass is 9.92. The number of para-hydroxylation sites is 3. The summed E-state index contributed by atoms with van der Waals surface area (Å²) in [6.07, 6.45) is 0. The Morgan fingerprint density at radius 3 is 1.52 bits per heavy atom. The van der Waals surface area contributed by atoms with Crippen LogP contribution in [0.1, 0.15) is 16.7 Å². The molecule has 0 spiro atoms. The van der Waals surface area contributed by atoms with Crippen molar-refractivity contribution in [3.8, 4) is 51.8 Å². The number of aromatic nitrogens is 2. The number of hydrogen-bond donors (Lipinski definition) is 0. The van der Waals surface area contributed by atoms with Crippen LogP contribution >= 0.6 is 0 Å². The molecule has 0 bridgehead atoms. The van der Waals surface area contributed by atoms with E-state index in [1.54, 1.807) is 0 Å². The highest BCUT2D eigenvalue weighted by Gasteiger charge is 2.20. The second-order valence-electron chi connectivity index (χ2n) is 12.3. The van der Waals surface area contributed by atoms with Gasteiger partial charge in [-0.3, -0.25) is 0 Å². The summed E-state index contributed by atoms with van der Waals surface area (Å²) in [7, 11) is 0. The molecular formula is C45H25N5. The number of fused-ring (bicyclic) bond motifs is 6. The van der Waals surface area contributed by atoms with Gasteiger partial charge in [0.25, 0.3) is 0 Å². The number of benzene rings is 7. The van der Waals surface area contributed by atoms with Gasteiger partial charge in [0.15, 0.2) is 0 Å². The van der Waals surface area contributed by atoms with E-state index in [9.17, 15) is 15.8 Å². The minimum atomic E-state index is 0.545. The van der Waals surface area contributed by atoms with Gasteiger partial charge >= 0.3 is 0 Å². The molecule has 230 valence electrons. The first-order valence-electron chi connectivity index (χ1n) is 16.3. The van der Waals surface area contributed by atoms with Crippen molar-refractivity contribution in [1.29, 1.82) is 15.8 Å². The molecule has 0 saturated carbocycles. The van der Waals surface area contributed by atoms with Gasteiger partial charge in [-0.2, -0.15) is 15.8 Å². The maximum atomic E-state index is 10.6. The summed E-state index contributed by atoms with van der Waals surface area (Å²) in [5, 5.41) is 34.5. The lowest BCUT2D eigenvalue weighted by molar-refractivity contribution is 1.17.